The Kier molecular flexibility index (Phi) is 2.52. The van der Waals surface area contributed by atoms with Crippen LogP contribution in [0.4, 0.5) is 0 Å². The number of esters is 1. The first-order valence-corrected chi connectivity index (χ1v) is 5.46. The molecule has 0 aliphatic carbocycles. The van der Waals surface area contributed by atoms with E-state index in [4.69, 9.17) is 0 Å². The van der Waals surface area contributed by atoms with Crippen molar-refractivity contribution in [2.45, 2.75) is 0 Å². The van der Waals surface area contributed by atoms with E-state index in [1.807, 2.05) is 12.1 Å². The number of aromatic nitrogens is 1. The molecule has 2 aromatic rings. The van der Waals surface area contributed by atoms with E-state index in [0.717, 1.165) is 10.2 Å². The van der Waals surface area contributed by atoms with Gasteiger partial charge in [0.25, 0.3) is 0 Å². The van der Waals surface area contributed by atoms with Crippen LogP contribution in [0.1, 0.15) is 9.67 Å². The number of ether oxygens (including phenoxy) is 1. The van der Waals surface area contributed by atoms with Crippen LogP contribution in [0.3, 0.4) is 0 Å². The molecule has 0 saturated heterocycles. The fourth-order valence-electron chi connectivity index (χ4n) is 1.12. The van der Waals surface area contributed by atoms with E-state index in [9.17, 15) is 4.79 Å². The molecular weight excluding hydrogens is 266 g/mol. The maximum absolute atomic E-state index is 11.3. The predicted molar refractivity (Wildman–Crippen MR) is 58.7 cm³/mol. The second-order valence-electron chi connectivity index (χ2n) is 2.59. The fraction of sp³-hybridized carbons (Fsp3) is 0.111. The van der Waals surface area contributed by atoms with E-state index in [1.165, 1.54) is 18.4 Å². The number of methoxy groups -OCH3 is 1. The van der Waals surface area contributed by atoms with Gasteiger partial charge in [-0.1, -0.05) is 0 Å². The Morgan fingerprint density at radius 3 is 3.07 bits per heavy atom. The van der Waals surface area contributed by atoms with Crippen molar-refractivity contribution in [2.24, 2.45) is 0 Å². The molecule has 0 aromatic carbocycles. The van der Waals surface area contributed by atoms with Crippen molar-refractivity contribution < 1.29 is 9.53 Å². The zero-order valence-corrected chi connectivity index (χ0v) is 9.68. The fourth-order valence-corrected chi connectivity index (χ4v) is 2.95. The monoisotopic (exact) mass is 271 g/mol. The number of hydrogen-bond donors (Lipinski definition) is 0. The van der Waals surface area contributed by atoms with Gasteiger partial charge in [0.2, 0.25) is 0 Å². The smallest absolute Gasteiger partial charge is 0.349 e. The number of carbonyl (C=O) groups excluding carboxylic acids is 1. The third-order valence-electron chi connectivity index (χ3n) is 1.76. The summed E-state index contributed by atoms with van der Waals surface area (Å²) in [6.45, 7) is 0. The zero-order valence-electron chi connectivity index (χ0n) is 7.28. The summed E-state index contributed by atoms with van der Waals surface area (Å²) in [5.74, 6) is -0.333. The van der Waals surface area contributed by atoms with Gasteiger partial charge in [0.05, 0.1) is 21.8 Å². The lowest BCUT2D eigenvalue weighted by Crippen LogP contribution is -1.98. The van der Waals surface area contributed by atoms with E-state index < -0.39 is 0 Å². The number of pyridine rings is 1. The van der Waals surface area contributed by atoms with Crippen LogP contribution in [-0.4, -0.2) is 18.1 Å². The lowest BCUT2D eigenvalue weighted by Gasteiger charge is -1.93. The molecule has 0 N–H and O–H groups in total. The molecule has 3 nitrogen and oxygen atoms in total. The molecule has 72 valence electrons. The summed E-state index contributed by atoms with van der Waals surface area (Å²) in [7, 11) is 1.37. The minimum atomic E-state index is -0.333. The van der Waals surface area contributed by atoms with Crippen LogP contribution >= 0.6 is 27.3 Å². The van der Waals surface area contributed by atoms with Crippen LogP contribution in [0.2, 0.25) is 0 Å². The highest BCUT2D eigenvalue weighted by molar-refractivity contribution is 9.10. The normalized spacial score (nSPS) is 10.4. The van der Waals surface area contributed by atoms with Crippen LogP contribution in [0.25, 0.3) is 10.2 Å². The van der Waals surface area contributed by atoms with Crippen molar-refractivity contribution in [2.75, 3.05) is 7.11 Å². The molecule has 0 atom stereocenters. The van der Waals surface area contributed by atoms with Gasteiger partial charge in [-0.3, -0.25) is 4.98 Å². The molecule has 5 heteroatoms. The predicted octanol–water partition coefficient (Wildman–Crippen LogP) is 2.85. The summed E-state index contributed by atoms with van der Waals surface area (Å²) in [6, 6.07) is 3.76. The number of carbonyl (C=O) groups is 1. The van der Waals surface area contributed by atoms with Crippen molar-refractivity contribution in [3.05, 3.63) is 27.7 Å². The summed E-state index contributed by atoms with van der Waals surface area (Å²) in [5.41, 5.74) is 0.804. The molecule has 2 rings (SSSR count). The van der Waals surface area contributed by atoms with Gasteiger partial charge in [-0.2, -0.15) is 0 Å². The standard InChI is InChI=1S/C9H6BrNO2S/c1-13-9(12)8-6(10)7-5(14-8)3-2-4-11-7/h2-4H,1H3. The third kappa shape index (κ3) is 1.42. The molecule has 0 radical (unpaired) electrons. The number of rotatable bonds is 1. The summed E-state index contributed by atoms with van der Waals surface area (Å²) in [4.78, 5) is 16.1. The second kappa shape index (κ2) is 3.67. The Morgan fingerprint density at radius 1 is 1.64 bits per heavy atom. The van der Waals surface area contributed by atoms with Gasteiger partial charge in [0.15, 0.2) is 0 Å². The maximum atomic E-state index is 11.3. The molecule has 2 heterocycles. The molecule has 2 aromatic heterocycles. The van der Waals surface area contributed by atoms with E-state index >= 15 is 0 Å². The van der Waals surface area contributed by atoms with Gasteiger partial charge in [-0.15, -0.1) is 11.3 Å². The topological polar surface area (TPSA) is 39.2 Å². The maximum Gasteiger partial charge on any atom is 0.349 e. The van der Waals surface area contributed by atoms with Gasteiger partial charge in [0, 0.05) is 6.20 Å². The van der Waals surface area contributed by atoms with Gasteiger partial charge in [-0.05, 0) is 28.1 Å². The molecule has 0 fully saturated rings. The second-order valence-corrected chi connectivity index (χ2v) is 4.43. The third-order valence-corrected chi connectivity index (χ3v) is 3.92. The van der Waals surface area contributed by atoms with Crippen molar-refractivity contribution in [3.8, 4) is 0 Å². The van der Waals surface area contributed by atoms with Crippen LogP contribution in [-0.2, 0) is 4.74 Å². The lowest BCUT2D eigenvalue weighted by molar-refractivity contribution is 0.0605. The number of thiophene rings is 1. The Labute approximate surface area is 92.8 Å². The quantitative estimate of drug-likeness (QED) is 0.749. The largest absolute Gasteiger partial charge is 0.465 e. The van der Waals surface area contributed by atoms with Crippen molar-refractivity contribution in [1.29, 1.82) is 0 Å². The molecule has 14 heavy (non-hydrogen) atoms. The van der Waals surface area contributed by atoms with E-state index in [2.05, 4.69) is 25.7 Å². The molecule has 0 bridgehead atoms. The van der Waals surface area contributed by atoms with Crippen LogP contribution in [0.5, 0.6) is 0 Å². The molecule has 0 unspecified atom stereocenters. The average molecular weight is 272 g/mol. The first-order chi connectivity index (χ1) is 6.74. The van der Waals surface area contributed by atoms with Crippen molar-refractivity contribution >= 4 is 43.5 Å². The van der Waals surface area contributed by atoms with E-state index in [-0.39, 0.29) is 5.97 Å². The molecule has 0 saturated carbocycles. The highest BCUT2D eigenvalue weighted by Crippen LogP contribution is 2.34. The van der Waals surface area contributed by atoms with Crippen molar-refractivity contribution in [3.63, 3.8) is 0 Å². The summed E-state index contributed by atoms with van der Waals surface area (Å²) >= 11 is 4.71. The summed E-state index contributed by atoms with van der Waals surface area (Å²) in [5, 5.41) is 0. The molecule has 0 aliphatic rings. The summed E-state index contributed by atoms with van der Waals surface area (Å²) in [6.07, 6.45) is 1.70. The average Bonchev–Trinajstić information content (AvgIpc) is 2.56. The van der Waals surface area contributed by atoms with Crippen LogP contribution in [0.15, 0.2) is 22.8 Å². The van der Waals surface area contributed by atoms with Crippen LogP contribution in [0, 0.1) is 0 Å². The Balaban J connectivity index is 2.68. The minimum absolute atomic E-state index is 0.333. The lowest BCUT2D eigenvalue weighted by atomic mass is 10.4. The van der Waals surface area contributed by atoms with Gasteiger partial charge < -0.3 is 4.74 Å². The first kappa shape index (κ1) is 9.61. The summed E-state index contributed by atoms with van der Waals surface area (Å²) < 4.78 is 6.35. The number of halogens is 1. The number of fused-ring (bicyclic) bond motifs is 1. The minimum Gasteiger partial charge on any atom is -0.465 e. The Bertz CT molecular complexity index is 495. The SMILES string of the molecule is COC(=O)c1sc2cccnc2c1Br. The van der Waals surface area contributed by atoms with Crippen molar-refractivity contribution in [1.82, 2.24) is 4.98 Å². The molecule has 0 spiro atoms. The van der Waals surface area contributed by atoms with E-state index in [0.29, 0.717) is 9.35 Å². The first-order valence-electron chi connectivity index (χ1n) is 3.85. The highest BCUT2D eigenvalue weighted by atomic mass is 79.9. The Morgan fingerprint density at radius 2 is 2.43 bits per heavy atom. The van der Waals surface area contributed by atoms with E-state index in [1.54, 1.807) is 6.20 Å². The highest BCUT2D eigenvalue weighted by Gasteiger charge is 2.17. The van der Waals surface area contributed by atoms with Gasteiger partial charge in [-0.25, -0.2) is 4.79 Å². The van der Waals surface area contributed by atoms with Gasteiger partial charge in [0.1, 0.15) is 4.88 Å². The molecular formula is C9H6BrNO2S. The number of hydrogen-bond acceptors (Lipinski definition) is 4. The molecule has 0 aliphatic heterocycles. The number of nitrogens with zero attached hydrogens (tertiary/aromatic N) is 1. The Hall–Kier alpha value is -0.940. The molecule has 0 amide bonds. The zero-order chi connectivity index (χ0) is 10.1. The van der Waals surface area contributed by atoms with Gasteiger partial charge >= 0.3 is 5.97 Å². The van der Waals surface area contributed by atoms with Crippen LogP contribution < -0.4 is 0 Å².